The standard InChI is InChI=1S/C12H19N3O2/c1-9(10-4-7-17-8-5-10)14-12-13-6-3-11(15-12)16-2/h3,6,9-10H,4-5,7-8H2,1-2H3,(H,13,14,15). The number of aromatic nitrogens is 2. The van der Waals surface area contributed by atoms with Crippen LogP contribution in [0.3, 0.4) is 0 Å². The second-order valence-electron chi connectivity index (χ2n) is 4.31. The van der Waals surface area contributed by atoms with Gasteiger partial charge in [0.2, 0.25) is 11.8 Å². The molecule has 2 rings (SSSR count). The van der Waals surface area contributed by atoms with Gasteiger partial charge in [-0.2, -0.15) is 4.98 Å². The zero-order valence-corrected chi connectivity index (χ0v) is 10.3. The average molecular weight is 237 g/mol. The predicted octanol–water partition coefficient (Wildman–Crippen LogP) is 1.71. The molecule has 1 atom stereocenters. The Labute approximate surface area is 102 Å². The van der Waals surface area contributed by atoms with Gasteiger partial charge < -0.3 is 14.8 Å². The molecular formula is C12H19N3O2. The monoisotopic (exact) mass is 237 g/mol. The van der Waals surface area contributed by atoms with E-state index in [9.17, 15) is 0 Å². The molecule has 1 fully saturated rings. The average Bonchev–Trinajstić information content (AvgIpc) is 2.40. The topological polar surface area (TPSA) is 56.3 Å². The summed E-state index contributed by atoms with van der Waals surface area (Å²) in [7, 11) is 1.61. The van der Waals surface area contributed by atoms with Gasteiger partial charge in [-0.1, -0.05) is 0 Å². The summed E-state index contributed by atoms with van der Waals surface area (Å²) in [6, 6.07) is 2.09. The van der Waals surface area contributed by atoms with Gasteiger partial charge in [0.1, 0.15) is 0 Å². The molecule has 0 radical (unpaired) electrons. The molecule has 5 heteroatoms. The first-order valence-corrected chi connectivity index (χ1v) is 6.01. The van der Waals surface area contributed by atoms with Gasteiger partial charge in [0.05, 0.1) is 7.11 Å². The van der Waals surface area contributed by atoms with Crippen molar-refractivity contribution in [3.8, 4) is 5.88 Å². The Hall–Kier alpha value is -1.36. The highest BCUT2D eigenvalue weighted by atomic mass is 16.5. The fraction of sp³-hybridized carbons (Fsp3) is 0.667. The molecule has 0 spiro atoms. The lowest BCUT2D eigenvalue weighted by atomic mass is 9.93. The Morgan fingerprint density at radius 1 is 1.47 bits per heavy atom. The van der Waals surface area contributed by atoms with Crippen LogP contribution < -0.4 is 10.1 Å². The van der Waals surface area contributed by atoms with Crippen LogP contribution in [0, 0.1) is 5.92 Å². The van der Waals surface area contributed by atoms with Gasteiger partial charge in [0.15, 0.2) is 0 Å². The highest BCUT2D eigenvalue weighted by Gasteiger charge is 2.20. The number of hydrogen-bond acceptors (Lipinski definition) is 5. The lowest BCUT2D eigenvalue weighted by Crippen LogP contribution is -2.31. The Balaban J connectivity index is 1.94. The third-order valence-electron chi connectivity index (χ3n) is 3.17. The Morgan fingerprint density at radius 3 is 2.94 bits per heavy atom. The van der Waals surface area contributed by atoms with Gasteiger partial charge in [-0.25, -0.2) is 4.98 Å². The van der Waals surface area contributed by atoms with Crippen LogP contribution in [-0.2, 0) is 4.74 Å². The highest BCUT2D eigenvalue weighted by Crippen LogP contribution is 2.21. The SMILES string of the molecule is COc1ccnc(NC(C)C2CCOCC2)n1. The fourth-order valence-corrected chi connectivity index (χ4v) is 2.06. The third-order valence-corrected chi connectivity index (χ3v) is 3.17. The van der Waals surface area contributed by atoms with Crippen LogP contribution in [0.4, 0.5) is 5.95 Å². The summed E-state index contributed by atoms with van der Waals surface area (Å²) in [6.45, 7) is 3.88. The molecule has 0 aromatic carbocycles. The first-order chi connectivity index (χ1) is 8.29. The maximum Gasteiger partial charge on any atom is 0.226 e. The van der Waals surface area contributed by atoms with Gasteiger partial charge in [-0.15, -0.1) is 0 Å². The van der Waals surface area contributed by atoms with E-state index in [-0.39, 0.29) is 0 Å². The number of anilines is 1. The van der Waals surface area contributed by atoms with E-state index in [1.807, 2.05) is 0 Å². The normalized spacial score (nSPS) is 18.7. The zero-order chi connectivity index (χ0) is 12.1. The molecule has 1 aromatic rings. The second-order valence-corrected chi connectivity index (χ2v) is 4.31. The lowest BCUT2D eigenvalue weighted by Gasteiger charge is -2.28. The van der Waals surface area contributed by atoms with Crippen molar-refractivity contribution >= 4 is 5.95 Å². The number of ether oxygens (including phenoxy) is 2. The third kappa shape index (κ3) is 3.30. The van der Waals surface area contributed by atoms with E-state index >= 15 is 0 Å². The van der Waals surface area contributed by atoms with Crippen molar-refractivity contribution in [2.45, 2.75) is 25.8 Å². The van der Waals surface area contributed by atoms with E-state index in [0.717, 1.165) is 26.1 Å². The van der Waals surface area contributed by atoms with Crippen molar-refractivity contribution in [1.82, 2.24) is 9.97 Å². The van der Waals surface area contributed by atoms with Crippen molar-refractivity contribution in [1.29, 1.82) is 0 Å². The summed E-state index contributed by atoms with van der Waals surface area (Å²) < 4.78 is 10.4. The molecule has 5 nitrogen and oxygen atoms in total. The molecule has 1 aliphatic rings. The zero-order valence-electron chi connectivity index (χ0n) is 10.3. The van der Waals surface area contributed by atoms with Gasteiger partial charge >= 0.3 is 0 Å². The van der Waals surface area contributed by atoms with Gasteiger partial charge in [-0.3, -0.25) is 0 Å². The first-order valence-electron chi connectivity index (χ1n) is 6.01. The number of nitrogens with zero attached hydrogens (tertiary/aromatic N) is 2. The lowest BCUT2D eigenvalue weighted by molar-refractivity contribution is 0.0621. The quantitative estimate of drug-likeness (QED) is 0.864. The second kappa shape index (κ2) is 5.82. The summed E-state index contributed by atoms with van der Waals surface area (Å²) in [5.74, 6) is 1.84. The molecule has 0 amide bonds. The summed E-state index contributed by atoms with van der Waals surface area (Å²) in [5.41, 5.74) is 0. The molecule has 1 saturated heterocycles. The number of hydrogen-bond donors (Lipinski definition) is 1. The van der Waals surface area contributed by atoms with Crippen molar-refractivity contribution < 1.29 is 9.47 Å². The van der Waals surface area contributed by atoms with Crippen molar-refractivity contribution in [2.75, 3.05) is 25.6 Å². The van der Waals surface area contributed by atoms with Crippen molar-refractivity contribution in [2.24, 2.45) is 5.92 Å². The molecule has 1 aliphatic heterocycles. The van der Waals surface area contributed by atoms with Crippen LogP contribution in [0.2, 0.25) is 0 Å². The molecule has 0 aliphatic carbocycles. The Kier molecular flexibility index (Phi) is 4.14. The van der Waals surface area contributed by atoms with Crippen LogP contribution in [0.15, 0.2) is 12.3 Å². The highest BCUT2D eigenvalue weighted by molar-refractivity contribution is 5.28. The van der Waals surface area contributed by atoms with Crippen molar-refractivity contribution in [3.63, 3.8) is 0 Å². The summed E-state index contributed by atoms with van der Waals surface area (Å²) in [6.07, 6.45) is 3.89. The first kappa shape index (κ1) is 12.1. The van der Waals surface area contributed by atoms with Crippen LogP contribution in [-0.4, -0.2) is 36.3 Å². The molecule has 0 saturated carbocycles. The minimum Gasteiger partial charge on any atom is -0.481 e. The van der Waals surface area contributed by atoms with Gasteiger partial charge in [-0.05, 0) is 25.7 Å². The fourth-order valence-electron chi connectivity index (χ4n) is 2.06. The van der Waals surface area contributed by atoms with Crippen LogP contribution in [0.25, 0.3) is 0 Å². The predicted molar refractivity (Wildman–Crippen MR) is 65.2 cm³/mol. The molecule has 2 heterocycles. The smallest absolute Gasteiger partial charge is 0.226 e. The summed E-state index contributed by atoms with van der Waals surface area (Å²) >= 11 is 0. The molecule has 1 unspecified atom stereocenters. The molecule has 94 valence electrons. The van der Waals surface area contributed by atoms with E-state index in [4.69, 9.17) is 9.47 Å². The molecule has 1 N–H and O–H groups in total. The molecule has 0 bridgehead atoms. The van der Waals surface area contributed by atoms with Crippen LogP contribution >= 0.6 is 0 Å². The van der Waals surface area contributed by atoms with Crippen LogP contribution in [0.5, 0.6) is 5.88 Å². The van der Waals surface area contributed by atoms with Crippen LogP contribution in [0.1, 0.15) is 19.8 Å². The Morgan fingerprint density at radius 2 is 2.24 bits per heavy atom. The largest absolute Gasteiger partial charge is 0.481 e. The van der Waals surface area contributed by atoms with E-state index in [1.54, 1.807) is 19.4 Å². The number of rotatable bonds is 4. The van der Waals surface area contributed by atoms with Gasteiger partial charge in [0, 0.05) is 31.5 Å². The molecular weight excluding hydrogens is 218 g/mol. The van der Waals surface area contributed by atoms with Gasteiger partial charge in [0.25, 0.3) is 0 Å². The minimum atomic E-state index is 0.353. The Bertz CT molecular complexity index is 353. The maximum absolute atomic E-state index is 5.36. The van der Waals surface area contributed by atoms with Crippen molar-refractivity contribution in [3.05, 3.63) is 12.3 Å². The number of nitrogens with one attached hydrogen (secondary N) is 1. The van der Waals surface area contributed by atoms with E-state index in [0.29, 0.717) is 23.8 Å². The molecule has 17 heavy (non-hydrogen) atoms. The minimum absolute atomic E-state index is 0.353. The number of methoxy groups -OCH3 is 1. The summed E-state index contributed by atoms with van der Waals surface area (Å²) in [5, 5.41) is 3.33. The summed E-state index contributed by atoms with van der Waals surface area (Å²) in [4.78, 5) is 8.44. The van der Waals surface area contributed by atoms with E-state index in [1.165, 1.54) is 0 Å². The van der Waals surface area contributed by atoms with E-state index < -0.39 is 0 Å². The maximum atomic E-state index is 5.36. The molecule has 1 aromatic heterocycles. The van der Waals surface area contributed by atoms with E-state index in [2.05, 4.69) is 22.2 Å².